The molecule has 1 amide bonds. The number of likely N-dealkylation sites (N-methyl/N-ethyl adjacent to an activating group) is 1. The minimum absolute atomic E-state index is 0.0157. The molecule has 0 radical (unpaired) electrons. The number of aromatic hydroxyl groups is 1. The molecule has 3 heterocycles. The molecule has 1 N–H and O–H groups in total. The summed E-state index contributed by atoms with van der Waals surface area (Å²) < 4.78 is 29.4. The second kappa shape index (κ2) is 11.3. The zero-order valence-electron chi connectivity index (χ0n) is 26.1. The largest absolute Gasteiger partial charge is 0.504 e. The molecule has 10 heteroatoms. The Morgan fingerprint density at radius 2 is 1.52 bits per heavy atom. The molecule has 0 aromatic heterocycles. The number of rotatable bonds is 8. The summed E-state index contributed by atoms with van der Waals surface area (Å²) in [6.07, 6.45) is 0.374. The van der Waals surface area contributed by atoms with Crippen LogP contribution in [0.15, 0.2) is 36.4 Å². The predicted molar refractivity (Wildman–Crippen MR) is 162 cm³/mol. The number of piperazine rings is 1. The molecular weight excluding hydrogens is 564 g/mol. The summed E-state index contributed by atoms with van der Waals surface area (Å²) in [6.45, 7) is 4.06. The van der Waals surface area contributed by atoms with Gasteiger partial charge < -0.3 is 33.7 Å². The first-order valence-electron chi connectivity index (χ1n) is 14.6. The molecule has 3 aromatic carbocycles. The van der Waals surface area contributed by atoms with Crippen molar-refractivity contribution < 1.29 is 38.4 Å². The molecule has 3 aliphatic rings. The van der Waals surface area contributed by atoms with Gasteiger partial charge in [0.1, 0.15) is 11.8 Å². The van der Waals surface area contributed by atoms with Crippen LogP contribution in [0.1, 0.15) is 55.8 Å². The van der Waals surface area contributed by atoms with Crippen LogP contribution in [-0.2, 0) is 22.6 Å². The van der Waals surface area contributed by atoms with Crippen LogP contribution < -0.4 is 18.9 Å². The molecule has 3 aromatic rings. The van der Waals surface area contributed by atoms with Crippen molar-refractivity contribution in [1.82, 2.24) is 9.80 Å². The average molecular weight is 603 g/mol. The molecule has 1 fully saturated rings. The number of benzene rings is 3. The summed E-state index contributed by atoms with van der Waals surface area (Å²) >= 11 is 0. The number of phenols is 1. The zero-order chi connectivity index (χ0) is 31.4. The number of methoxy groups -OCH3 is 4. The van der Waals surface area contributed by atoms with Crippen LogP contribution >= 0.6 is 0 Å². The highest BCUT2D eigenvalue weighted by Crippen LogP contribution is 2.56. The molecule has 0 unspecified atom stereocenters. The molecule has 2 bridgehead atoms. The van der Waals surface area contributed by atoms with Crippen molar-refractivity contribution >= 4 is 11.7 Å². The van der Waals surface area contributed by atoms with E-state index in [1.54, 1.807) is 4.90 Å². The second-order valence-electron chi connectivity index (χ2n) is 11.6. The molecule has 1 saturated heterocycles. The van der Waals surface area contributed by atoms with Crippen LogP contribution in [-0.4, -0.2) is 80.8 Å². The number of Topliss-reactive ketones (excluding diaryl/α,β-unsaturated/α-hetero) is 1. The fraction of sp³-hybridized carbons (Fsp3) is 0.412. The van der Waals surface area contributed by atoms with Crippen LogP contribution in [0.25, 0.3) is 0 Å². The lowest BCUT2D eigenvalue weighted by Gasteiger charge is -2.56. The van der Waals surface area contributed by atoms with Gasteiger partial charge in [0.15, 0.2) is 28.8 Å². The van der Waals surface area contributed by atoms with Crippen molar-refractivity contribution in [3.63, 3.8) is 0 Å². The van der Waals surface area contributed by atoms with Crippen molar-refractivity contribution in [3.8, 4) is 28.7 Å². The molecule has 4 atom stereocenters. The van der Waals surface area contributed by atoms with Gasteiger partial charge in [0.25, 0.3) is 0 Å². The normalized spacial score (nSPS) is 22.2. The lowest BCUT2D eigenvalue weighted by atomic mass is 9.73. The molecule has 0 aliphatic carbocycles. The molecular formula is C34H38N2O8. The number of fused-ring (bicyclic) bond motifs is 7. The quantitative estimate of drug-likeness (QED) is 0.404. The summed E-state index contributed by atoms with van der Waals surface area (Å²) in [7, 11) is 7.91. The third-order valence-electron chi connectivity index (χ3n) is 9.36. The van der Waals surface area contributed by atoms with Crippen molar-refractivity contribution in [2.24, 2.45) is 0 Å². The average Bonchev–Trinajstić information content (AvgIpc) is 3.01. The van der Waals surface area contributed by atoms with Crippen LogP contribution in [0.5, 0.6) is 28.7 Å². The lowest BCUT2D eigenvalue weighted by Crippen LogP contribution is -2.68. The smallest absolute Gasteiger partial charge is 0.241 e. The monoisotopic (exact) mass is 602 g/mol. The maximum atomic E-state index is 14.9. The molecule has 10 nitrogen and oxygen atoms in total. The Kier molecular flexibility index (Phi) is 7.67. The van der Waals surface area contributed by atoms with Crippen LogP contribution in [0.4, 0.5) is 0 Å². The topological polar surface area (TPSA) is 107 Å². The standard InChI is InChI=1S/C34H38N2O8/c1-17-13-20-14-21-34(39)36-22(16-44-15-19-11-9-8-10-12-19)24-25(31(41-5)18(2)32(42-6)33(24)43-7)28(37)27(36)26(35(21)3)23(20)29(38)30(17)40-4/h8-13,21-22,26-27,38H,14-16H2,1-7H3/t21-,22-,26-,27-/m0/s1. The van der Waals surface area contributed by atoms with Crippen molar-refractivity contribution in [3.05, 3.63) is 75.3 Å². The maximum Gasteiger partial charge on any atom is 0.241 e. The van der Waals surface area contributed by atoms with Crippen molar-refractivity contribution in [1.29, 1.82) is 0 Å². The minimum atomic E-state index is -0.981. The highest BCUT2D eigenvalue weighted by molar-refractivity contribution is 6.10. The fourth-order valence-electron chi connectivity index (χ4n) is 7.49. The van der Waals surface area contributed by atoms with Crippen LogP contribution in [0.2, 0.25) is 0 Å². The van der Waals surface area contributed by atoms with Crippen molar-refractivity contribution in [2.45, 2.75) is 51.0 Å². The van der Waals surface area contributed by atoms with E-state index in [1.165, 1.54) is 28.4 Å². The number of aryl methyl sites for hydroxylation is 1. The van der Waals surface area contributed by atoms with Gasteiger partial charge in [-0.05, 0) is 44.0 Å². The molecule has 3 aliphatic heterocycles. The first kappa shape index (κ1) is 29.8. The van der Waals surface area contributed by atoms with Gasteiger partial charge >= 0.3 is 0 Å². The fourth-order valence-corrected chi connectivity index (χ4v) is 7.49. The Balaban J connectivity index is 1.59. The van der Waals surface area contributed by atoms with E-state index in [0.717, 1.165) is 16.7 Å². The second-order valence-corrected chi connectivity index (χ2v) is 11.6. The van der Waals surface area contributed by atoms with E-state index in [9.17, 15) is 14.7 Å². The summed E-state index contributed by atoms with van der Waals surface area (Å²) in [5.41, 5.74) is 4.57. The third kappa shape index (κ3) is 4.22. The highest BCUT2D eigenvalue weighted by atomic mass is 16.5. The number of phenolic OH excluding ortho intramolecular Hbond substituents is 1. The van der Waals surface area contributed by atoms with Gasteiger partial charge in [-0.2, -0.15) is 0 Å². The summed E-state index contributed by atoms with van der Waals surface area (Å²) in [5.74, 6) is 0.972. The van der Waals surface area contributed by atoms with E-state index >= 15 is 0 Å². The Labute approximate surface area is 257 Å². The maximum absolute atomic E-state index is 14.9. The highest BCUT2D eigenvalue weighted by Gasteiger charge is 2.59. The summed E-state index contributed by atoms with van der Waals surface area (Å²) in [4.78, 5) is 33.0. The van der Waals surface area contributed by atoms with Gasteiger partial charge in [0.2, 0.25) is 5.91 Å². The van der Waals surface area contributed by atoms with Crippen LogP contribution in [0, 0.1) is 13.8 Å². The Hall–Kier alpha value is -4.28. The SMILES string of the molecule is COc1c(C)cc2c(c1O)[C@H]1[C@H]3C(=O)c4c(OC)c(C)c(OC)c(OC)c4[C@H](COCc4ccccc4)N3C(=O)[C@H](C2)N1C. The van der Waals surface area contributed by atoms with E-state index in [-0.39, 0.29) is 24.0 Å². The van der Waals surface area contributed by atoms with E-state index in [0.29, 0.717) is 58.3 Å². The van der Waals surface area contributed by atoms with Crippen molar-refractivity contribution in [2.75, 3.05) is 42.1 Å². The molecule has 44 heavy (non-hydrogen) atoms. The Morgan fingerprint density at radius 3 is 2.16 bits per heavy atom. The summed E-state index contributed by atoms with van der Waals surface area (Å²) in [5, 5.41) is 11.6. The predicted octanol–water partition coefficient (Wildman–Crippen LogP) is 4.31. The van der Waals surface area contributed by atoms with Gasteiger partial charge in [-0.15, -0.1) is 0 Å². The Morgan fingerprint density at radius 1 is 0.864 bits per heavy atom. The number of carbonyl (C=O) groups excluding carboxylic acids is 2. The number of ketones is 1. The third-order valence-corrected chi connectivity index (χ3v) is 9.36. The summed E-state index contributed by atoms with van der Waals surface area (Å²) in [6, 6.07) is 8.82. The number of carbonyl (C=O) groups is 2. The van der Waals surface area contributed by atoms with E-state index < -0.39 is 24.2 Å². The first-order chi connectivity index (χ1) is 21.2. The van der Waals surface area contributed by atoms with E-state index in [1.807, 2.05) is 62.2 Å². The number of hydrogen-bond acceptors (Lipinski definition) is 9. The van der Waals surface area contributed by atoms with Crippen LogP contribution in [0.3, 0.4) is 0 Å². The van der Waals surface area contributed by atoms with E-state index in [4.69, 9.17) is 23.7 Å². The Bertz CT molecular complexity index is 1640. The van der Waals surface area contributed by atoms with Gasteiger partial charge in [0, 0.05) is 16.7 Å². The van der Waals surface area contributed by atoms with Gasteiger partial charge in [-0.3, -0.25) is 14.5 Å². The van der Waals surface area contributed by atoms with Gasteiger partial charge in [-0.1, -0.05) is 36.4 Å². The number of hydrogen-bond donors (Lipinski definition) is 1. The van der Waals surface area contributed by atoms with Gasteiger partial charge in [-0.25, -0.2) is 0 Å². The molecule has 232 valence electrons. The molecule has 0 saturated carbocycles. The van der Waals surface area contributed by atoms with E-state index in [2.05, 4.69) is 0 Å². The zero-order valence-corrected chi connectivity index (χ0v) is 26.1. The first-order valence-corrected chi connectivity index (χ1v) is 14.6. The minimum Gasteiger partial charge on any atom is -0.504 e. The molecule has 0 spiro atoms. The van der Waals surface area contributed by atoms with Gasteiger partial charge in [0.05, 0.1) is 65.3 Å². The number of amides is 1. The number of ether oxygens (including phenoxy) is 5. The lowest BCUT2D eigenvalue weighted by molar-refractivity contribution is -0.156. The number of nitrogens with zero attached hydrogens (tertiary/aromatic N) is 2. The molecule has 6 rings (SSSR count).